The van der Waals surface area contributed by atoms with Crippen LogP contribution in [0.3, 0.4) is 0 Å². The van der Waals surface area contributed by atoms with Crippen LogP contribution < -0.4 is 4.74 Å². The van der Waals surface area contributed by atoms with Crippen LogP contribution in [0, 0.1) is 17.2 Å². The number of benzene rings is 2. The minimum Gasteiger partial charge on any atom is -0.487 e. The van der Waals surface area contributed by atoms with Crippen LogP contribution in [0.5, 0.6) is 5.75 Å². The molecule has 0 radical (unpaired) electrons. The minimum atomic E-state index is -0.551. The molecule has 2 aromatic rings. The molecule has 0 bridgehead atoms. The number of nitriles is 1. The highest BCUT2D eigenvalue weighted by atomic mass is 16.5. The van der Waals surface area contributed by atoms with Crippen LogP contribution in [0.4, 0.5) is 0 Å². The van der Waals surface area contributed by atoms with E-state index in [0.29, 0.717) is 16.9 Å². The van der Waals surface area contributed by atoms with Gasteiger partial charge in [-0.1, -0.05) is 24.3 Å². The largest absolute Gasteiger partial charge is 0.487 e. The summed E-state index contributed by atoms with van der Waals surface area (Å²) >= 11 is 0. The Hall–Kier alpha value is -3.33. The van der Waals surface area contributed by atoms with E-state index in [1.165, 1.54) is 0 Å². The van der Waals surface area contributed by atoms with Gasteiger partial charge in [0, 0.05) is 17.7 Å². The SMILES string of the molecule is CCOC(=O)[C@@H]1CN(C(=O)c2cccc(C#N)c2)[C@H]2c3ccccc3O[C@@H]12. The van der Waals surface area contributed by atoms with Gasteiger partial charge in [-0.2, -0.15) is 5.26 Å². The molecular weight excluding hydrogens is 344 g/mol. The second-order valence-electron chi connectivity index (χ2n) is 6.57. The smallest absolute Gasteiger partial charge is 0.314 e. The summed E-state index contributed by atoms with van der Waals surface area (Å²) < 4.78 is 11.2. The molecular formula is C21H18N2O4. The van der Waals surface area contributed by atoms with Gasteiger partial charge in [0.1, 0.15) is 17.8 Å². The van der Waals surface area contributed by atoms with E-state index < -0.39 is 12.0 Å². The molecule has 0 unspecified atom stereocenters. The lowest BCUT2D eigenvalue weighted by Gasteiger charge is -2.23. The Kier molecular flexibility index (Phi) is 4.28. The van der Waals surface area contributed by atoms with E-state index in [9.17, 15) is 9.59 Å². The monoisotopic (exact) mass is 362 g/mol. The van der Waals surface area contributed by atoms with Gasteiger partial charge in [0.25, 0.3) is 5.91 Å². The highest BCUT2D eigenvalue weighted by molar-refractivity contribution is 5.96. The standard InChI is InChI=1S/C21H18N2O4/c1-2-26-21(25)16-12-23(20(24)14-7-5-6-13(10-14)11-22)18-15-8-3-4-9-17(15)27-19(16)18/h3-10,16,18-19H,2,12H2,1H3/t16-,18+,19+/m1/s1. The second kappa shape index (κ2) is 6.76. The molecule has 0 spiro atoms. The highest BCUT2D eigenvalue weighted by Crippen LogP contribution is 2.48. The molecule has 1 fully saturated rings. The van der Waals surface area contributed by atoms with Crippen molar-refractivity contribution in [3.05, 3.63) is 65.2 Å². The average Bonchev–Trinajstić information content (AvgIpc) is 3.25. The molecule has 2 aliphatic heterocycles. The van der Waals surface area contributed by atoms with E-state index in [0.717, 1.165) is 5.56 Å². The van der Waals surface area contributed by atoms with Crippen molar-refractivity contribution >= 4 is 11.9 Å². The third-order valence-corrected chi connectivity index (χ3v) is 5.03. The summed E-state index contributed by atoms with van der Waals surface area (Å²) in [5, 5.41) is 9.11. The van der Waals surface area contributed by atoms with E-state index in [1.54, 1.807) is 36.1 Å². The van der Waals surface area contributed by atoms with Crippen molar-refractivity contribution in [1.29, 1.82) is 5.26 Å². The summed E-state index contributed by atoms with van der Waals surface area (Å²) in [5.41, 5.74) is 1.72. The molecule has 2 aliphatic rings. The second-order valence-corrected chi connectivity index (χ2v) is 6.57. The van der Waals surface area contributed by atoms with Gasteiger partial charge >= 0.3 is 5.97 Å². The fourth-order valence-corrected chi connectivity index (χ4v) is 3.85. The lowest BCUT2D eigenvalue weighted by Crippen LogP contribution is -2.32. The van der Waals surface area contributed by atoms with Crippen molar-refractivity contribution in [2.75, 3.05) is 13.2 Å². The maximum atomic E-state index is 13.2. The van der Waals surface area contributed by atoms with Gasteiger partial charge in [-0.15, -0.1) is 0 Å². The Morgan fingerprint density at radius 1 is 1.26 bits per heavy atom. The predicted molar refractivity (Wildman–Crippen MR) is 95.9 cm³/mol. The van der Waals surface area contributed by atoms with E-state index in [4.69, 9.17) is 14.7 Å². The molecule has 27 heavy (non-hydrogen) atoms. The lowest BCUT2D eigenvalue weighted by atomic mass is 9.98. The normalized spacial score (nSPS) is 22.4. The number of hydrogen-bond acceptors (Lipinski definition) is 5. The number of fused-ring (bicyclic) bond motifs is 3. The van der Waals surface area contributed by atoms with Crippen LogP contribution in [0.15, 0.2) is 48.5 Å². The van der Waals surface area contributed by atoms with Crippen molar-refractivity contribution in [3.63, 3.8) is 0 Å². The molecule has 0 aliphatic carbocycles. The number of carbonyl (C=O) groups is 2. The minimum absolute atomic E-state index is 0.220. The third kappa shape index (κ3) is 2.81. The number of carbonyl (C=O) groups excluding carboxylic acids is 2. The zero-order chi connectivity index (χ0) is 19.0. The topological polar surface area (TPSA) is 79.6 Å². The number of amides is 1. The maximum Gasteiger partial charge on any atom is 0.314 e. The number of hydrogen-bond donors (Lipinski definition) is 0. The average molecular weight is 362 g/mol. The summed E-state index contributed by atoms with van der Waals surface area (Å²) in [5.74, 6) is -0.453. The predicted octanol–water partition coefficient (Wildman–Crippen LogP) is 2.70. The first-order valence-electron chi connectivity index (χ1n) is 8.87. The first kappa shape index (κ1) is 17.1. The molecule has 136 valence electrons. The molecule has 2 aromatic carbocycles. The summed E-state index contributed by atoms with van der Waals surface area (Å²) in [6.45, 7) is 2.25. The number of rotatable bonds is 3. The zero-order valence-electron chi connectivity index (χ0n) is 14.8. The number of likely N-dealkylation sites (tertiary alicyclic amines) is 1. The Morgan fingerprint density at radius 2 is 2.07 bits per heavy atom. The Morgan fingerprint density at radius 3 is 2.85 bits per heavy atom. The van der Waals surface area contributed by atoms with Crippen LogP contribution in [0.2, 0.25) is 0 Å². The first-order valence-corrected chi connectivity index (χ1v) is 8.87. The van der Waals surface area contributed by atoms with Crippen LogP contribution in [-0.2, 0) is 9.53 Å². The van der Waals surface area contributed by atoms with Gasteiger partial charge in [0.05, 0.1) is 24.3 Å². The molecule has 1 amide bonds. The summed E-state index contributed by atoms with van der Waals surface area (Å²) in [4.78, 5) is 27.3. The van der Waals surface area contributed by atoms with Crippen LogP contribution in [-0.4, -0.2) is 36.0 Å². The van der Waals surface area contributed by atoms with E-state index in [-0.39, 0.29) is 31.1 Å². The summed E-state index contributed by atoms with van der Waals surface area (Å²) in [6, 6.07) is 15.8. The van der Waals surface area contributed by atoms with Crippen molar-refractivity contribution < 1.29 is 19.1 Å². The Bertz CT molecular complexity index is 949. The van der Waals surface area contributed by atoms with Gasteiger partial charge in [-0.3, -0.25) is 9.59 Å². The molecule has 6 heteroatoms. The van der Waals surface area contributed by atoms with Crippen molar-refractivity contribution in [2.45, 2.75) is 19.1 Å². The van der Waals surface area contributed by atoms with Crippen molar-refractivity contribution in [3.8, 4) is 11.8 Å². The lowest BCUT2D eigenvalue weighted by molar-refractivity contribution is -0.149. The molecule has 4 rings (SSSR count). The molecule has 1 saturated heterocycles. The Balaban J connectivity index is 1.72. The van der Waals surface area contributed by atoms with Gasteiger partial charge in [0.15, 0.2) is 0 Å². The molecule has 0 saturated carbocycles. The number of ether oxygens (including phenoxy) is 2. The van der Waals surface area contributed by atoms with Gasteiger partial charge in [-0.05, 0) is 31.2 Å². The van der Waals surface area contributed by atoms with Gasteiger partial charge in [-0.25, -0.2) is 0 Å². The number of para-hydroxylation sites is 1. The van der Waals surface area contributed by atoms with Crippen molar-refractivity contribution in [2.24, 2.45) is 5.92 Å². The molecule has 3 atom stereocenters. The quantitative estimate of drug-likeness (QED) is 0.785. The fourth-order valence-electron chi connectivity index (χ4n) is 3.85. The Labute approximate surface area is 156 Å². The van der Waals surface area contributed by atoms with Crippen LogP contribution >= 0.6 is 0 Å². The first-order chi connectivity index (χ1) is 13.1. The summed E-state index contributed by atoms with van der Waals surface area (Å²) in [6.07, 6.45) is -0.468. The highest BCUT2D eigenvalue weighted by Gasteiger charge is 2.54. The molecule has 0 N–H and O–H groups in total. The van der Waals surface area contributed by atoms with Crippen molar-refractivity contribution in [1.82, 2.24) is 4.90 Å². The number of esters is 1. The zero-order valence-corrected chi connectivity index (χ0v) is 14.8. The number of nitrogens with zero attached hydrogens (tertiary/aromatic N) is 2. The van der Waals surface area contributed by atoms with E-state index in [1.807, 2.05) is 30.3 Å². The maximum absolute atomic E-state index is 13.2. The van der Waals surface area contributed by atoms with Crippen LogP contribution in [0.1, 0.15) is 34.5 Å². The molecule has 6 nitrogen and oxygen atoms in total. The van der Waals surface area contributed by atoms with E-state index >= 15 is 0 Å². The molecule has 2 heterocycles. The summed E-state index contributed by atoms with van der Waals surface area (Å²) in [7, 11) is 0. The molecule has 0 aromatic heterocycles. The fraction of sp³-hybridized carbons (Fsp3) is 0.286. The van der Waals surface area contributed by atoms with Crippen LogP contribution in [0.25, 0.3) is 0 Å². The van der Waals surface area contributed by atoms with Gasteiger partial charge in [0.2, 0.25) is 0 Å². The van der Waals surface area contributed by atoms with Gasteiger partial charge < -0.3 is 14.4 Å². The third-order valence-electron chi connectivity index (χ3n) is 5.03. The van der Waals surface area contributed by atoms with E-state index in [2.05, 4.69) is 0 Å².